The number of imidazole rings is 1. The Hall–Kier alpha value is -2.51. The lowest BCUT2D eigenvalue weighted by atomic mass is 9.87. The molecule has 23 heavy (non-hydrogen) atoms. The fraction of sp³-hybridized carbons (Fsp3) is 0.462. The van der Waals surface area contributed by atoms with Gasteiger partial charge in [-0.05, 0) is 0 Å². The molecule has 3 rings (SSSR count). The van der Waals surface area contributed by atoms with Gasteiger partial charge in [0.25, 0.3) is 5.56 Å². The first-order valence-corrected chi connectivity index (χ1v) is 6.63. The van der Waals surface area contributed by atoms with Crippen molar-refractivity contribution in [1.29, 1.82) is 0 Å². The number of hydrogen-bond acceptors (Lipinski definition) is 6. The molecule has 2 aromatic heterocycles. The molecule has 4 atom stereocenters. The zero-order chi connectivity index (χ0) is 17.0. The van der Waals surface area contributed by atoms with E-state index < -0.39 is 35.8 Å². The Bertz CT molecular complexity index is 875. The quantitative estimate of drug-likeness (QED) is 0.662. The first kappa shape index (κ1) is 15.4. The summed E-state index contributed by atoms with van der Waals surface area (Å²) in [4.78, 5) is 21.7. The summed E-state index contributed by atoms with van der Waals surface area (Å²) in [7, 11) is 0. The number of aromatic amines is 1. The van der Waals surface area contributed by atoms with Crippen molar-refractivity contribution in [2.75, 3.05) is 12.3 Å². The van der Waals surface area contributed by atoms with Crippen molar-refractivity contribution in [2.45, 2.75) is 24.7 Å². The van der Waals surface area contributed by atoms with Crippen LogP contribution in [0.15, 0.2) is 11.1 Å². The highest BCUT2D eigenvalue weighted by atomic mass is 19.2. The van der Waals surface area contributed by atoms with Gasteiger partial charge in [-0.15, -0.1) is 6.42 Å². The maximum absolute atomic E-state index is 15.2. The topological polar surface area (TPSA) is 119 Å². The van der Waals surface area contributed by atoms with Gasteiger partial charge in [0.15, 0.2) is 17.4 Å². The zero-order valence-electron chi connectivity index (χ0n) is 12.0. The summed E-state index contributed by atoms with van der Waals surface area (Å²) < 4.78 is 35.8. The molecule has 8 nitrogen and oxygen atoms in total. The van der Waals surface area contributed by atoms with E-state index in [0.29, 0.717) is 0 Å². The number of nitrogens with two attached hydrogens (primary N) is 1. The van der Waals surface area contributed by atoms with E-state index in [1.807, 2.05) is 5.92 Å². The maximum atomic E-state index is 15.2. The molecule has 0 unspecified atom stereocenters. The molecule has 1 aliphatic rings. The number of hydrogen-bond donors (Lipinski definition) is 3. The fourth-order valence-electron chi connectivity index (χ4n) is 2.65. The van der Waals surface area contributed by atoms with Crippen LogP contribution < -0.4 is 11.3 Å². The fourth-order valence-corrected chi connectivity index (χ4v) is 2.65. The number of alkyl halides is 2. The number of H-pyrrole nitrogens is 1. The average molecular weight is 325 g/mol. The van der Waals surface area contributed by atoms with Gasteiger partial charge in [0.05, 0.1) is 12.2 Å². The van der Waals surface area contributed by atoms with E-state index in [0.717, 1.165) is 10.9 Å². The van der Waals surface area contributed by atoms with Crippen molar-refractivity contribution in [3.63, 3.8) is 0 Å². The van der Waals surface area contributed by atoms with Crippen LogP contribution in [0.3, 0.4) is 0 Å². The Morgan fingerprint density at radius 1 is 1.65 bits per heavy atom. The molecule has 0 saturated carbocycles. The predicted molar refractivity (Wildman–Crippen MR) is 75.4 cm³/mol. The number of fused-ring (bicyclic) bond motifs is 1. The monoisotopic (exact) mass is 325 g/mol. The van der Waals surface area contributed by atoms with Gasteiger partial charge in [-0.3, -0.25) is 14.3 Å². The lowest BCUT2D eigenvalue weighted by molar-refractivity contribution is -0.191. The normalized spacial score (nSPS) is 33.9. The summed E-state index contributed by atoms with van der Waals surface area (Å²) in [5.74, 6) is -2.50. The number of nitrogen functional groups attached to an aromatic ring is 1. The van der Waals surface area contributed by atoms with Crippen LogP contribution in [-0.4, -0.2) is 42.8 Å². The van der Waals surface area contributed by atoms with Crippen LogP contribution >= 0.6 is 0 Å². The molecule has 0 amide bonds. The Morgan fingerprint density at radius 3 is 2.96 bits per heavy atom. The number of nitrogens with zero attached hydrogens (tertiary/aromatic N) is 3. The third-order valence-electron chi connectivity index (χ3n) is 4.08. The maximum Gasteiger partial charge on any atom is 0.280 e. The zero-order valence-corrected chi connectivity index (χ0v) is 12.0. The number of terminal acetylenes is 1. The highest BCUT2D eigenvalue weighted by Crippen LogP contribution is 2.51. The lowest BCUT2D eigenvalue weighted by Crippen LogP contribution is -2.40. The molecular formula is C13H13F2N5O3. The largest absolute Gasteiger partial charge is 0.390 e. The number of aromatic nitrogens is 4. The Labute approximate surface area is 128 Å². The Morgan fingerprint density at radius 2 is 2.35 bits per heavy atom. The van der Waals surface area contributed by atoms with E-state index in [1.165, 1.54) is 6.92 Å². The molecule has 122 valence electrons. The summed E-state index contributed by atoms with van der Waals surface area (Å²) in [6.07, 6.45) is 4.62. The van der Waals surface area contributed by atoms with Gasteiger partial charge in [0, 0.05) is 0 Å². The molecule has 10 heteroatoms. The summed E-state index contributed by atoms with van der Waals surface area (Å²) in [5, 5.41) is 9.19. The van der Waals surface area contributed by atoms with E-state index in [-0.39, 0.29) is 17.1 Å². The van der Waals surface area contributed by atoms with Crippen molar-refractivity contribution < 1.29 is 18.6 Å². The third kappa shape index (κ3) is 1.94. The van der Waals surface area contributed by atoms with Crippen molar-refractivity contribution in [3.05, 3.63) is 16.7 Å². The number of halogens is 2. The van der Waals surface area contributed by atoms with E-state index in [9.17, 15) is 14.3 Å². The SMILES string of the molecule is C#C[C@]1(F)[C@H](n2cnc3c(=O)[nH]c(N)nc32)O[C@](F)(CO)[C@H]1C. The first-order valence-electron chi connectivity index (χ1n) is 6.63. The highest BCUT2D eigenvalue weighted by Gasteiger charge is 2.64. The molecule has 0 spiro atoms. The molecule has 0 radical (unpaired) electrons. The van der Waals surface area contributed by atoms with Crippen molar-refractivity contribution in [3.8, 4) is 12.3 Å². The van der Waals surface area contributed by atoms with E-state index in [4.69, 9.17) is 16.9 Å². The second kappa shape index (κ2) is 4.74. The van der Waals surface area contributed by atoms with Crippen LogP contribution in [0.2, 0.25) is 0 Å². The molecule has 1 saturated heterocycles. The minimum Gasteiger partial charge on any atom is -0.390 e. The van der Waals surface area contributed by atoms with Gasteiger partial charge >= 0.3 is 0 Å². The molecule has 4 N–H and O–H groups in total. The minimum atomic E-state index is -2.69. The van der Waals surface area contributed by atoms with Gasteiger partial charge in [-0.25, -0.2) is 13.8 Å². The van der Waals surface area contributed by atoms with Crippen LogP contribution in [0.4, 0.5) is 14.7 Å². The summed E-state index contributed by atoms with van der Waals surface area (Å²) in [6.45, 7) is 0.102. The van der Waals surface area contributed by atoms with Crippen LogP contribution in [0.1, 0.15) is 13.2 Å². The highest BCUT2D eigenvalue weighted by molar-refractivity contribution is 5.70. The summed E-state index contributed by atoms with van der Waals surface area (Å²) in [5.41, 5.74) is 1.99. The minimum absolute atomic E-state index is 0.108. The number of ether oxygens (including phenoxy) is 1. The van der Waals surface area contributed by atoms with Crippen LogP contribution in [-0.2, 0) is 4.74 Å². The molecule has 3 heterocycles. The van der Waals surface area contributed by atoms with E-state index in [2.05, 4.69) is 15.0 Å². The number of aliphatic hydroxyl groups excluding tert-OH is 1. The second-order valence-electron chi connectivity index (χ2n) is 5.32. The van der Waals surface area contributed by atoms with Gasteiger partial charge in [0.1, 0.15) is 6.61 Å². The van der Waals surface area contributed by atoms with Gasteiger partial charge in [-0.1, -0.05) is 12.8 Å². The Kier molecular flexibility index (Phi) is 3.17. The molecule has 2 aromatic rings. The van der Waals surface area contributed by atoms with Gasteiger partial charge in [0.2, 0.25) is 17.5 Å². The second-order valence-corrected chi connectivity index (χ2v) is 5.32. The van der Waals surface area contributed by atoms with E-state index >= 15 is 4.39 Å². The predicted octanol–water partition coefficient (Wildman–Crippen LogP) is -0.134. The summed E-state index contributed by atoms with van der Waals surface area (Å²) in [6, 6.07) is 0. The smallest absolute Gasteiger partial charge is 0.280 e. The van der Waals surface area contributed by atoms with Crippen molar-refractivity contribution in [1.82, 2.24) is 19.5 Å². The first-order chi connectivity index (χ1) is 10.8. The van der Waals surface area contributed by atoms with Gasteiger partial charge in [-0.2, -0.15) is 4.98 Å². The lowest BCUT2D eigenvalue weighted by Gasteiger charge is -2.24. The van der Waals surface area contributed by atoms with E-state index in [1.54, 1.807) is 0 Å². The molecular weight excluding hydrogens is 312 g/mol. The van der Waals surface area contributed by atoms with Gasteiger partial charge < -0.3 is 15.6 Å². The van der Waals surface area contributed by atoms with Crippen molar-refractivity contribution in [2.24, 2.45) is 5.92 Å². The number of aliphatic hydroxyl groups is 1. The standard InChI is InChI=1S/C13H13F2N5O3/c1-3-12(14)6(2)13(15,4-21)23-10(12)20-5-17-7-8(20)18-11(16)19-9(7)22/h1,5-6,10,21H,4H2,2H3,(H3,16,18,19,22)/t6-,10+,12+,13+/m0/s1. The molecule has 0 aromatic carbocycles. The molecule has 0 aliphatic carbocycles. The van der Waals surface area contributed by atoms with Crippen molar-refractivity contribution >= 4 is 17.1 Å². The molecule has 1 fully saturated rings. The molecule has 0 bridgehead atoms. The third-order valence-corrected chi connectivity index (χ3v) is 4.08. The Balaban J connectivity index is 2.22. The molecule has 1 aliphatic heterocycles. The number of nitrogens with one attached hydrogen (secondary N) is 1. The number of anilines is 1. The van der Waals surface area contributed by atoms with Crippen LogP contribution in [0.5, 0.6) is 0 Å². The summed E-state index contributed by atoms with van der Waals surface area (Å²) >= 11 is 0. The average Bonchev–Trinajstić information content (AvgIpc) is 3.01. The van der Waals surface area contributed by atoms with Crippen LogP contribution in [0.25, 0.3) is 11.2 Å². The number of rotatable bonds is 2. The van der Waals surface area contributed by atoms with Crippen LogP contribution in [0, 0.1) is 18.3 Å².